The summed E-state index contributed by atoms with van der Waals surface area (Å²) in [6, 6.07) is 36.7. The van der Waals surface area contributed by atoms with Gasteiger partial charge in [-0.2, -0.15) is 0 Å². The van der Waals surface area contributed by atoms with Crippen LogP contribution >= 0.6 is 34.7 Å². The maximum Gasteiger partial charge on any atom is 0.341 e. The molecule has 0 bridgehead atoms. The second-order valence-corrected chi connectivity index (χ2v) is 13.8. The Balaban J connectivity index is 1.43. The monoisotopic (exact) mass is 692 g/mol. The van der Waals surface area contributed by atoms with Gasteiger partial charge in [0.25, 0.3) is 0 Å². The lowest BCUT2D eigenvalue weighted by atomic mass is 10.0. The number of carbonyl (C=O) groups excluding carboxylic acids is 2. The van der Waals surface area contributed by atoms with Crippen molar-refractivity contribution >= 4 is 51.6 Å². The SMILES string of the molecule is CCOC(=O)c1cc(-c2ccccc2)sc1NC(=O)[C@H](Sc1nnc(-c2ccc(Cl)cc2)n1-c1ccccc1C(C)C)c1ccccc1. The van der Waals surface area contributed by atoms with Crippen molar-refractivity contribution in [2.45, 2.75) is 37.1 Å². The van der Waals surface area contributed by atoms with Crippen molar-refractivity contribution in [2.24, 2.45) is 0 Å². The van der Waals surface area contributed by atoms with Crippen molar-refractivity contribution in [3.05, 3.63) is 137 Å². The fourth-order valence-electron chi connectivity index (χ4n) is 5.30. The fraction of sp³-hybridized carbons (Fsp3) is 0.158. The van der Waals surface area contributed by atoms with E-state index >= 15 is 0 Å². The van der Waals surface area contributed by atoms with Crippen molar-refractivity contribution in [3.8, 4) is 27.5 Å². The summed E-state index contributed by atoms with van der Waals surface area (Å²) in [6.45, 7) is 6.26. The lowest BCUT2D eigenvalue weighted by molar-refractivity contribution is -0.115. The molecule has 7 nitrogen and oxygen atoms in total. The first kappa shape index (κ1) is 33.2. The number of halogens is 1. The molecule has 4 aromatic carbocycles. The molecule has 1 atom stereocenters. The molecule has 0 fully saturated rings. The lowest BCUT2D eigenvalue weighted by Gasteiger charge is -2.20. The molecule has 1 N–H and O–H groups in total. The Morgan fingerprint density at radius 3 is 2.23 bits per heavy atom. The highest BCUT2D eigenvalue weighted by atomic mass is 35.5. The summed E-state index contributed by atoms with van der Waals surface area (Å²) in [5.74, 6) is 0.0438. The van der Waals surface area contributed by atoms with Crippen LogP contribution < -0.4 is 5.32 Å². The molecule has 1 amide bonds. The largest absolute Gasteiger partial charge is 0.462 e. The van der Waals surface area contributed by atoms with E-state index in [9.17, 15) is 9.59 Å². The van der Waals surface area contributed by atoms with E-state index < -0.39 is 11.2 Å². The van der Waals surface area contributed by atoms with Crippen LogP contribution in [0.15, 0.2) is 120 Å². The molecule has 6 aromatic rings. The van der Waals surface area contributed by atoms with Gasteiger partial charge < -0.3 is 10.1 Å². The third-order valence-electron chi connectivity index (χ3n) is 7.62. The van der Waals surface area contributed by atoms with E-state index in [0.717, 1.165) is 32.8 Å². The van der Waals surface area contributed by atoms with Crippen LogP contribution in [0.25, 0.3) is 27.5 Å². The van der Waals surface area contributed by atoms with Crippen LogP contribution in [0.2, 0.25) is 5.02 Å². The van der Waals surface area contributed by atoms with Crippen molar-refractivity contribution in [1.82, 2.24) is 14.8 Å². The Kier molecular flexibility index (Phi) is 10.4. The number of ether oxygens (including phenoxy) is 1. The number of nitrogens with one attached hydrogen (secondary N) is 1. The molecular weight excluding hydrogens is 660 g/mol. The van der Waals surface area contributed by atoms with E-state index in [4.69, 9.17) is 16.3 Å². The molecule has 0 saturated carbocycles. The zero-order chi connectivity index (χ0) is 33.6. The van der Waals surface area contributed by atoms with Crippen LogP contribution in [0, 0.1) is 0 Å². The Bertz CT molecular complexity index is 2030. The minimum absolute atomic E-state index is 0.215. The third kappa shape index (κ3) is 7.23. The summed E-state index contributed by atoms with van der Waals surface area (Å²) in [7, 11) is 0. The Morgan fingerprint density at radius 1 is 0.875 bits per heavy atom. The molecule has 242 valence electrons. The maximum atomic E-state index is 14.4. The summed E-state index contributed by atoms with van der Waals surface area (Å²) in [6.07, 6.45) is 0. The van der Waals surface area contributed by atoms with Crippen LogP contribution in [0.5, 0.6) is 0 Å². The summed E-state index contributed by atoms with van der Waals surface area (Å²) in [4.78, 5) is 28.3. The van der Waals surface area contributed by atoms with E-state index in [1.165, 1.54) is 23.1 Å². The second-order valence-electron chi connectivity index (χ2n) is 11.2. The van der Waals surface area contributed by atoms with Crippen molar-refractivity contribution < 1.29 is 14.3 Å². The number of thioether (sulfide) groups is 1. The molecule has 2 heterocycles. The normalized spacial score (nSPS) is 11.8. The summed E-state index contributed by atoms with van der Waals surface area (Å²) in [5.41, 5.74) is 4.90. The van der Waals surface area contributed by atoms with Gasteiger partial charge in [0.05, 0.1) is 17.9 Å². The van der Waals surface area contributed by atoms with Crippen molar-refractivity contribution in [2.75, 3.05) is 11.9 Å². The molecule has 0 aliphatic carbocycles. The van der Waals surface area contributed by atoms with Gasteiger partial charge in [0.15, 0.2) is 11.0 Å². The molecule has 0 saturated heterocycles. The van der Waals surface area contributed by atoms with Crippen molar-refractivity contribution in [3.63, 3.8) is 0 Å². The number of esters is 1. The molecule has 6 rings (SSSR count). The van der Waals surface area contributed by atoms with Gasteiger partial charge in [0.1, 0.15) is 10.3 Å². The lowest BCUT2D eigenvalue weighted by Crippen LogP contribution is -2.20. The first-order valence-corrected chi connectivity index (χ1v) is 17.6. The number of carbonyl (C=O) groups is 2. The maximum absolute atomic E-state index is 14.4. The number of para-hydroxylation sites is 1. The van der Waals surface area contributed by atoms with Gasteiger partial charge in [-0.15, -0.1) is 21.5 Å². The highest BCUT2D eigenvalue weighted by Crippen LogP contribution is 2.42. The Labute approximate surface area is 293 Å². The van der Waals surface area contributed by atoms with Gasteiger partial charge in [-0.25, -0.2) is 4.79 Å². The molecular formula is C38H33ClN4O3S2. The molecule has 48 heavy (non-hydrogen) atoms. The summed E-state index contributed by atoms with van der Waals surface area (Å²) < 4.78 is 7.38. The van der Waals surface area contributed by atoms with Gasteiger partial charge in [0, 0.05) is 15.5 Å². The number of anilines is 1. The van der Waals surface area contributed by atoms with Gasteiger partial charge in [-0.1, -0.05) is 116 Å². The average Bonchev–Trinajstić information content (AvgIpc) is 3.73. The quantitative estimate of drug-likeness (QED) is 0.107. The molecule has 0 aliphatic heterocycles. The summed E-state index contributed by atoms with van der Waals surface area (Å²) in [5, 5.41) is 13.2. The van der Waals surface area contributed by atoms with Gasteiger partial charge in [-0.3, -0.25) is 9.36 Å². The van der Waals surface area contributed by atoms with E-state index in [2.05, 4.69) is 35.4 Å². The highest BCUT2D eigenvalue weighted by molar-refractivity contribution is 8.00. The Hall–Kier alpha value is -4.70. The number of aromatic nitrogens is 3. The zero-order valence-electron chi connectivity index (χ0n) is 26.6. The van der Waals surface area contributed by atoms with E-state index in [0.29, 0.717) is 26.6 Å². The predicted octanol–water partition coefficient (Wildman–Crippen LogP) is 10.1. The number of benzene rings is 4. The minimum Gasteiger partial charge on any atom is -0.462 e. The van der Waals surface area contributed by atoms with E-state index in [1.807, 2.05) is 108 Å². The van der Waals surface area contributed by atoms with Gasteiger partial charge in [-0.05, 0) is 65.9 Å². The number of thiophene rings is 1. The van der Waals surface area contributed by atoms with Crippen LogP contribution in [0.1, 0.15) is 53.4 Å². The van der Waals surface area contributed by atoms with Gasteiger partial charge >= 0.3 is 5.97 Å². The molecule has 10 heteroatoms. The Morgan fingerprint density at radius 2 is 1.54 bits per heavy atom. The first-order chi connectivity index (χ1) is 23.3. The van der Waals surface area contributed by atoms with Crippen LogP contribution in [0.3, 0.4) is 0 Å². The first-order valence-electron chi connectivity index (χ1n) is 15.5. The molecule has 0 spiro atoms. The molecule has 2 aromatic heterocycles. The number of nitrogens with zero attached hydrogens (tertiary/aromatic N) is 3. The smallest absolute Gasteiger partial charge is 0.341 e. The highest BCUT2D eigenvalue weighted by Gasteiger charge is 2.29. The van der Waals surface area contributed by atoms with E-state index in [-0.39, 0.29) is 18.4 Å². The number of rotatable bonds is 11. The number of amides is 1. The average molecular weight is 693 g/mol. The number of hydrogen-bond acceptors (Lipinski definition) is 7. The van der Waals surface area contributed by atoms with E-state index in [1.54, 1.807) is 13.0 Å². The standard InChI is InChI=1S/C38H33ClN4O3S2/c1-4-46-37(45)30-23-32(25-13-7-5-8-14-25)47-36(30)40-35(44)33(26-15-9-6-10-16-26)48-38-42-41-34(27-19-21-28(39)22-20-27)43(38)31-18-12-11-17-29(31)24(2)3/h5-24,33H,4H2,1-3H3,(H,40,44)/t33-/m1/s1. The fourth-order valence-corrected chi connectivity index (χ4v) is 7.53. The molecule has 0 unspecified atom stereocenters. The van der Waals surface area contributed by atoms with Crippen LogP contribution in [-0.4, -0.2) is 33.2 Å². The van der Waals surface area contributed by atoms with Crippen LogP contribution in [-0.2, 0) is 9.53 Å². The predicted molar refractivity (Wildman–Crippen MR) is 195 cm³/mol. The third-order valence-corrected chi connectivity index (χ3v) is 10.2. The number of hydrogen-bond donors (Lipinski definition) is 1. The summed E-state index contributed by atoms with van der Waals surface area (Å²) >= 11 is 8.86. The second kappa shape index (κ2) is 15.0. The van der Waals surface area contributed by atoms with Crippen LogP contribution in [0.4, 0.5) is 5.00 Å². The van der Waals surface area contributed by atoms with Gasteiger partial charge in [0.2, 0.25) is 5.91 Å². The molecule has 0 radical (unpaired) electrons. The molecule has 0 aliphatic rings. The van der Waals surface area contributed by atoms with Crippen molar-refractivity contribution in [1.29, 1.82) is 0 Å². The minimum atomic E-state index is -0.740. The zero-order valence-corrected chi connectivity index (χ0v) is 29.0. The topological polar surface area (TPSA) is 86.1 Å².